The second kappa shape index (κ2) is 11.1. The molecule has 0 fully saturated rings. The standard InChI is InChI=1S/C26H28FN3O4S/c1-19-9-11-21(12-10-19)17-29(20(2)26(32)28-3)25(31)18-30(23-7-5-4-6-8-23)35(33,34)24-15-13-22(27)14-16-24/h4-16,20H,17-18H2,1-3H3,(H,28,32). The molecule has 0 aromatic heterocycles. The van der Waals surface area contributed by atoms with E-state index in [1.54, 1.807) is 37.3 Å². The van der Waals surface area contributed by atoms with Gasteiger partial charge in [-0.3, -0.25) is 13.9 Å². The van der Waals surface area contributed by atoms with Gasteiger partial charge in [0.2, 0.25) is 11.8 Å². The van der Waals surface area contributed by atoms with Crippen molar-refractivity contribution < 1.29 is 22.4 Å². The van der Waals surface area contributed by atoms with Crippen LogP contribution in [-0.4, -0.2) is 44.8 Å². The van der Waals surface area contributed by atoms with Gasteiger partial charge in [-0.25, -0.2) is 12.8 Å². The summed E-state index contributed by atoms with van der Waals surface area (Å²) in [5.41, 5.74) is 2.12. The van der Waals surface area contributed by atoms with Crippen molar-refractivity contribution in [3.63, 3.8) is 0 Å². The largest absolute Gasteiger partial charge is 0.357 e. The molecule has 7 nitrogen and oxygen atoms in total. The number of amides is 2. The number of likely N-dealkylation sites (N-methyl/N-ethyl adjacent to an activating group) is 1. The third-order valence-electron chi connectivity index (χ3n) is 5.61. The van der Waals surface area contributed by atoms with Gasteiger partial charge in [0, 0.05) is 13.6 Å². The van der Waals surface area contributed by atoms with Crippen molar-refractivity contribution in [3.05, 3.63) is 95.8 Å². The monoisotopic (exact) mass is 497 g/mol. The van der Waals surface area contributed by atoms with Gasteiger partial charge in [-0.05, 0) is 55.8 Å². The lowest BCUT2D eigenvalue weighted by atomic mass is 10.1. The van der Waals surface area contributed by atoms with Crippen LogP contribution in [0.2, 0.25) is 0 Å². The van der Waals surface area contributed by atoms with Crippen molar-refractivity contribution in [2.75, 3.05) is 17.9 Å². The minimum Gasteiger partial charge on any atom is -0.357 e. The minimum atomic E-state index is -4.21. The van der Waals surface area contributed by atoms with E-state index in [-0.39, 0.29) is 23.0 Å². The normalized spacial score (nSPS) is 12.0. The Morgan fingerprint density at radius 2 is 1.54 bits per heavy atom. The van der Waals surface area contributed by atoms with Crippen LogP contribution in [0, 0.1) is 12.7 Å². The van der Waals surface area contributed by atoms with Crippen molar-refractivity contribution in [3.8, 4) is 0 Å². The Morgan fingerprint density at radius 1 is 0.943 bits per heavy atom. The van der Waals surface area contributed by atoms with Crippen LogP contribution in [0.25, 0.3) is 0 Å². The number of hydrogen-bond acceptors (Lipinski definition) is 4. The van der Waals surface area contributed by atoms with Crippen LogP contribution in [0.4, 0.5) is 10.1 Å². The molecule has 0 bridgehead atoms. The first-order chi connectivity index (χ1) is 16.6. The number of sulfonamides is 1. The maximum Gasteiger partial charge on any atom is 0.264 e. The van der Waals surface area contributed by atoms with Gasteiger partial charge >= 0.3 is 0 Å². The van der Waals surface area contributed by atoms with E-state index < -0.39 is 34.3 Å². The van der Waals surface area contributed by atoms with Gasteiger partial charge in [0.25, 0.3) is 10.0 Å². The Hall–Kier alpha value is -3.72. The van der Waals surface area contributed by atoms with Gasteiger partial charge in [-0.15, -0.1) is 0 Å². The number of anilines is 1. The zero-order chi connectivity index (χ0) is 25.6. The number of carbonyl (C=O) groups is 2. The molecule has 0 heterocycles. The van der Waals surface area contributed by atoms with Crippen molar-refractivity contribution in [2.24, 2.45) is 0 Å². The van der Waals surface area contributed by atoms with E-state index in [1.807, 2.05) is 31.2 Å². The number of aryl methyl sites for hydroxylation is 1. The number of benzene rings is 3. The Balaban J connectivity index is 1.99. The molecule has 2 amide bonds. The topological polar surface area (TPSA) is 86.8 Å². The Bertz CT molecular complexity index is 1260. The maximum absolute atomic E-state index is 13.6. The van der Waals surface area contributed by atoms with E-state index in [2.05, 4.69) is 5.32 Å². The second-order valence-corrected chi connectivity index (χ2v) is 9.96. The molecule has 0 aliphatic rings. The molecule has 1 N–H and O–H groups in total. The molecule has 3 rings (SSSR count). The lowest BCUT2D eigenvalue weighted by Crippen LogP contribution is -2.50. The van der Waals surface area contributed by atoms with E-state index in [9.17, 15) is 22.4 Å². The lowest BCUT2D eigenvalue weighted by molar-refractivity contribution is -0.139. The number of rotatable bonds is 9. The molecular weight excluding hydrogens is 469 g/mol. The van der Waals surface area contributed by atoms with Gasteiger partial charge in [-0.2, -0.15) is 0 Å². The number of hydrogen-bond donors (Lipinski definition) is 1. The van der Waals surface area contributed by atoms with Crippen molar-refractivity contribution in [1.82, 2.24) is 10.2 Å². The van der Waals surface area contributed by atoms with Gasteiger partial charge in [0.1, 0.15) is 18.4 Å². The molecule has 1 unspecified atom stereocenters. The third kappa shape index (κ3) is 6.24. The van der Waals surface area contributed by atoms with Crippen LogP contribution in [-0.2, 0) is 26.2 Å². The first-order valence-corrected chi connectivity index (χ1v) is 12.5. The molecule has 184 valence electrons. The van der Waals surface area contributed by atoms with E-state index in [0.29, 0.717) is 0 Å². The summed E-state index contributed by atoms with van der Waals surface area (Å²) < 4.78 is 41.4. The van der Waals surface area contributed by atoms with Crippen LogP contribution < -0.4 is 9.62 Å². The van der Waals surface area contributed by atoms with Crippen LogP contribution in [0.1, 0.15) is 18.1 Å². The molecule has 35 heavy (non-hydrogen) atoms. The Labute approximate surface area is 205 Å². The number of carbonyl (C=O) groups excluding carboxylic acids is 2. The molecule has 0 saturated heterocycles. The molecule has 1 atom stereocenters. The zero-order valence-electron chi connectivity index (χ0n) is 19.8. The van der Waals surface area contributed by atoms with Gasteiger partial charge in [-0.1, -0.05) is 48.0 Å². The summed E-state index contributed by atoms with van der Waals surface area (Å²) in [4.78, 5) is 27.2. The van der Waals surface area contributed by atoms with E-state index >= 15 is 0 Å². The summed E-state index contributed by atoms with van der Waals surface area (Å²) in [6.07, 6.45) is 0. The third-order valence-corrected chi connectivity index (χ3v) is 7.40. The molecule has 0 saturated carbocycles. The summed E-state index contributed by atoms with van der Waals surface area (Å²) in [7, 11) is -2.74. The summed E-state index contributed by atoms with van der Waals surface area (Å²) in [5, 5.41) is 2.54. The second-order valence-electron chi connectivity index (χ2n) is 8.10. The highest BCUT2D eigenvalue weighted by molar-refractivity contribution is 7.92. The lowest BCUT2D eigenvalue weighted by Gasteiger charge is -2.31. The van der Waals surface area contributed by atoms with Crippen molar-refractivity contribution in [1.29, 1.82) is 0 Å². The van der Waals surface area contributed by atoms with Gasteiger partial charge in [0.05, 0.1) is 10.6 Å². The number of halogens is 1. The van der Waals surface area contributed by atoms with Crippen molar-refractivity contribution >= 4 is 27.5 Å². The molecule has 0 aliphatic carbocycles. The SMILES string of the molecule is CNC(=O)C(C)N(Cc1ccc(C)cc1)C(=O)CN(c1ccccc1)S(=O)(=O)c1ccc(F)cc1. The molecule has 0 aliphatic heterocycles. The summed E-state index contributed by atoms with van der Waals surface area (Å²) in [6, 6.07) is 19.3. The molecule has 0 radical (unpaired) electrons. The van der Waals surface area contributed by atoms with E-state index in [4.69, 9.17) is 0 Å². The molecule has 0 spiro atoms. The fraction of sp³-hybridized carbons (Fsp3) is 0.231. The molecule has 9 heteroatoms. The van der Waals surface area contributed by atoms with Gasteiger partial charge < -0.3 is 10.2 Å². The van der Waals surface area contributed by atoms with E-state index in [1.165, 1.54) is 11.9 Å². The zero-order valence-corrected chi connectivity index (χ0v) is 20.6. The van der Waals surface area contributed by atoms with Gasteiger partial charge in [0.15, 0.2) is 0 Å². The highest BCUT2D eigenvalue weighted by atomic mass is 32.2. The first kappa shape index (κ1) is 25.9. The average molecular weight is 498 g/mol. The predicted octanol–water partition coefficient (Wildman–Crippen LogP) is 3.49. The predicted molar refractivity (Wildman–Crippen MR) is 133 cm³/mol. The first-order valence-electron chi connectivity index (χ1n) is 11.0. The summed E-state index contributed by atoms with van der Waals surface area (Å²) >= 11 is 0. The van der Waals surface area contributed by atoms with Crippen LogP contribution in [0.15, 0.2) is 83.8 Å². The average Bonchev–Trinajstić information content (AvgIpc) is 2.86. The molecule has 3 aromatic carbocycles. The Kier molecular flexibility index (Phi) is 8.24. The van der Waals surface area contributed by atoms with E-state index in [0.717, 1.165) is 39.7 Å². The smallest absolute Gasteiger partial charge is 0.264 e. The quantitative estimate of drug-likeness (QED) is 0.490. The number of para-hydroxylation sites is 1. The molecular formula is C26H28FN3O4S. The Morgan fingerprint density at radius 3 is 2.11 bits per heavy atom. The number of nitrogens with zero attached hydrogens (tertiary/aromatic N) is 2. The summed E-state index contributed by atoms with van der Waals surface area (Å²) in [5.74, 6) is -1.51. The fourth-order valence-corrected chi connectivity index (χ4v) is 4.95. The highest BCUT2D eigenvalue weighted by Crippen LogP contribution is 2.24. The minimum absolute atomic E-state index is 0.118. The van der Waals surface area contributed by atoms with Crippen LogP contribution >= 0.6 is 0 Å². The van der Waals surface area contributed by atoms with Crippen LogP contribution in [0.5, 0.6) is 0 Å². The maximum atomic E-state index is 13.6. The van der Waals surface area contributed by atoms with Crippen LogP contribution in [0.3, 0.4) is 0 Å². The van der Waals surface area contributed by atoms with Crippen molar-refractivity contribution in [2.45, 2.75) is 31.3 Å². The fourth-order valence-electron chi connectivity index (χ4n) is 3.54. The molecule has 3 aromatic rings. The highest BCUT2D eigenvalue weighted by Gasteiger charge is 2.32. The summed E-state index contributed by atoms with van der Waals surface area (Å²) in [6.45, 7) is 3.11. The number of nitrogens with one attached hydrogen (secondary N) is 1.